The molecule has 1 aromatic heterocycles. The zero-order valence-corrected chi connectivity index (χ0v) is 14.8. The highest BCUT2D eigenvalue weighted by Crippen LogP contribution is 2.37. The van der Waals surface area contributed by atoms with Crippen LogP contribution in [0.3, 0.4) is 0 Å². The van der Waals surface area contributed by atoms with Gasteiger partial charge < -0.3 is 14.3 Å². The van der Waals surface area contributed by atoms with Crippen LogP contribution >= 0.6 is 0 Å². The molecule has 0 saturated heterocycles. The Bertz CT molecular complexity index is 1060. The van der Waals surface area contributed by atoms with Gasteiger partial charge in [0, 0.05) is 17.0 Å². The monoisotopic (exact) mass is 367 g/mol. The lowest BCUT2D eigenvalue weighted by Gasteiger charge is -2.05. The number of furan rings is 1. The summed E-state index contributed by atoms with van der Waals surface area (Å²) in [7, 11) is 1.29. The van der Waals surface area contributed by atoms with E-state index in [1.54, 1.807) is 6.07 Å². The van der Waals surface area contributed by atoms with Gasteiger partial charge in [-0.25, -0.2) is 0 Å². The minimum absolute atomic E-state index is 0.0470. The lowest BCUT2D eigenvalue weighted by molar-refractivity contribution is -0.386. The highest BCUT2D eigenvalue weighted by atomic mass is 16.6. The van der Waals surface area contributed by atoms with E-state index in [2.05, 4.69) is 0 Å². The van der Waals surface area contributed by atoms with Crippen molar-refractivity contribution in [2.75, 3.05) is 7.11 Å². The van der Waals surface area contributed by atoms with Gasteiger partial charge in [0.25, 0.3) is 0 Å². The van der Waals surface area contributed by atoms with Crippen molar-refractivity contribution < 1.29 is 24.0 Å². The Morgan fingerprint density at radius 2 is 2.07 bits per heavy atom. The lowest BCUT2D eigenvalue weighted by Crippen LogP contribution is -1.97. The van der Waals surface area contributed by atoms with Crippen molar-refractivity contribution in [2.24, 2.45) is 0 Å². The number of methoxy groups -OCH3 is 1. The Kier molecular flexibility index (Phi) is 4.94. The Labute approximate surface area is 154 Å². The number of rotatable bonds is 6. The summed E-state index contributed by atoms with van der Waals surface area (Å²) in [6.07, 6.45) is 3.33. The summed E-state index contributed by atoms with van der Waals surface area (Å²) in [6.45, 7) is 1.94. The molecule has 0 amide bonds. The molecule has 7 nitrogen and oxygen atoms in total. The van der Waals surface area contributed by atoms with Crippen LogP contribution in [-0.4, -0.2) is 22.9 Å². The molecule has 3 rings (SSSR count). The molecule has 27 heavy (non-hydrogen) atoms. The number of carbonyl (C=O) groups excluding carboxylic acids is 1. The summed E-state index contributed by atoms with van der Waals surface area (Å²) in [4.78, 5) is 23.0. The number of phenolic OH excluding ortho intramolecular Hbond substituents is 1. The van der Waals surface area contributed by atoms with E-state index in [0.717, 1.165) is 10.9 Å². The quantitative estimate of drug-likeness (QED) is 0.297. The number of nitro groups is 1. The van der Waals surface area contributed by atoms with Crippen molar-refractivity contribution in [1.82, 2.24) is 0 Å². The molecule has 138 valence electrons. The second kappa shape index (κ2) is 7.33. The second-order valence-electron chi connectivity index (χ2n) is 5.81. The van der Waals surface area contributed by atoms with E-state index in [1.807, 2.05) is 25.1 Å². The number of para-hydroxylation sites is 1. The van der Waals surface area contributed by atoms with E-state index < -0.39 is 16.4 Å². The molecule has 0 radical (unpaired) electrons. The number of fused-ring (bicyclic) bond motifs is 1. The highest BCUT2D eigenvalue weighted by Gasteiger charge is 2.20. The van der Waals surface area contributed by atoms with Crippen molar-refractivity contribution in [3.8, 4) is 11.5 Å². The van der Waals surface area contributed by atoms with Gasteiger partial charge in [-0.15, -0.1) is 0 Å². The van der Waals surface area contributed by atoms with Gasteiger partial charge in [0.05, 0.1) is 12.0 Å². The SMILES string of the molecule is CCc1c(C(=O)/C=C/c2cc(OC)c(O)c([N+](=O)[O-])c2)oc2ccccc12. The number of aryl methyl sites for hydroxylation is 1. The summed E-state index contributed by atoms with van der Waals surface area (Å²) < 4.78 is 10.6. The molecule has 0 fully saturated rings. The summed E-state index contributed by atoms with van der Waals surface area (Å²) in [5.41, 5.74) is 1.29. The van der Waals surface area contributed by atoms with Crippen LogP contribution in [0.5, 0.6) is 11.5 Å². The molecule has 0 spiro atoms. The average molecular weight is 367 g/mol. The van der Waals surface area contributed by atoms with Crippen molar-refractivity contribution in [3.05, 3.63) is 69.5 Å². The number of benzene rings is 2. The maximum Gasteiger partial charge on any atom is 0.315 e. The Hall–Kier alpha value is -3.61. The minimum atomic E-state index is -0.717. The van der Waals surface area contributed by atoms with Crippen LogP contribution in [0.1, 0.15) is 28.6 Å². The van der Waals surface area contributed by atoms with Crippen LogP contribution in [0.2, 0.25) is 0 Å². The number of nitro benzene ring substituents is 1. The van der Waals surface area contributed by atoms with Crippen LogP contribution in [0, 0.1) is 10.1 Å². The van der Waals surface area contributed by atoms with E-state index in [-0.39, 0.29) is 17.3 Å². The number of nitrogens with zero attached hydrogens (tertiary/aromatic N) is 1. The molecule has 0 aliphatic carbocycles. The van der Waals surface area contributed by atoms with Crippen LogP contribution in [0.25, 0.3) is 17.0 Å². The molecule has 1 heterocycles. The van der Waals surface area contributed by atoms with Gasteiger partial charge in [-0.05, 0) is 30.2 Å². The van der Waals surface area contributed by atoms with Gasteiger partial charge in [-0.2, -0.15) is 0 Å². The third-order valence-electron chi connectivity index (χ3n) is 4.20. The number of allylic oxidation sites excluding steroid dienone is 1. The third kappa shape index (κ3) is 3.39. The predicted octanol–water partition coefficient (Wildman–Crippen LogP) is 4.51. The molecule has 0 bridgehead atoms. The fourth-order valence-electron chi connectivity index (χ4n) is 2.90. The van der Waals surface area contributed by atoms with Gasteiger partial charge >= 0.3 is 5.69 Å². The lowest BCUT2D eigenvalue weighted by atomic mass is 10.1. The van der Waals surface area contributed by atoms with Crippen LogP contribution in [0.15, 0.2) is 46.9 Å². The maximum absolute atomic E-state index is 12.6. The van der Waals surface area contributed by atoms with Crippen molar-refractivity contribution >= 4 is 28.5 Å². The summed E-state index contributed by atoms with van der Waals surface area (Å²) >= 11 is 0. The van der Waals surface area contributed by atoms with Gasteiger partial charge in [0.2, 0.25) is 11.5 Å². The van der Waals surface area contributed by atoms with E-state index in [1.165, 1.54) is 31.4 Å². The highest BCUT2D eigenvalue weighted by molar-refractivity contribution is 6.08. The fraction of sp³-hybridized carbons (Fsp3) is 0.150. The fourth-order valence-corrected chi connectivity index (χ4v) is 2.90. The van der Waals surface area contributed by atoms with Crippen LogP contribution < -0.4 is 4.74 Å². The molecule has 0 aliphatic heterocycles. The third-order valence-corrected chi connectivity index (χ3v) is 4.20. The van der Waals surface area contributed by atoms with Crippen LogP contribution in [0.4, 0.5) is 5.69 Å². The summed E-state index contributed by atoms with van der Waals surface area (Å²) in [6, 6.07) is 9.97. The topological polar surface area (TPSA) is 103 Å². The van der Waals surface area contributed by atoms with Crippen molar-refractivity contribution in [1.29, 1.82) is 0 Å². The number of phenols is 1. The first-order valence-electron chi connectivity index (χ1n) is 8.24. The van der Waals surface area contributed by atoms with Gasteiger partial charge in [0.15, 0.2) is 11.5 Å². The van der Waals surface area contributed by atoms with Gasteiger partial charge in [0.1, 0.15) is 5.58 Å². The molecular formula is C20H17NO6. The molecule has 2 aromatic carbocycles. The van der Waals surface area contributed by atoms with E-state index in [9.17, 15) is 20.0 Å². The first-order chi connectivity index (χ1) is 13.0. The first-order valence-corrected chi connectivity index (χ1v) is 8.24. The number of hydrogen-bond acceptors (Lipinski definition) is 6. The standard InChI is InChI=1S/C20H17NO6/c1-3-13-14-6-4-5-7-17(14)27-20(13)16(22)9-8-12-10-15(21(24)25)19(23)18(11-12)26-2/h4-11,23H,3H2,1-2H3/b9-8+. The predicted molar refractivity (Wildman–Crippen MR) is 100 cm³/mol. The molecule has 0 saturated carbocycles. The normalized spacial score (nSPS) is 11.2. The van der Waals surface area contributed by atoms with Gasteiger partial charge in [-0.1, -0.05) is 31.2 Å². The Morgan fingerprint density at radius 1 is 1.33 bits per heavy atom. The molecule has 0 aliphatic rings. The number of ketones is 1. The zero-order valence-electron chi connectivity index (χ0n) is 14.8. The zero-order chi connectivity index (χ0) is 19.6. The van der Waals surface area contributed by atoms with Crippen molar-refractivity contribution in [3.63, 3.8) is 0 Å². The molecule has 3 aromatic rings. The Morgan fingerprint density at radius 3 is 2.74 bits per heavy atom. The number of hydrogen-bond donors (Lipinski definition) is 1. The van der Waals surface area contributed by atoms with E-state index in [0.29, 0.717) is 17.6 Å². The number of aromatic hydroxyl groups is 1. The second-order valence-corrected chi connectivity index (χ2v) is 5.81. The average Bonchev–Trinajstić information content (AvgIpc) is 3.05. The largest absolute Gasteiger partial charge is 0.500 e. The maximum atomic E-state index is 12.6. The number of ether oxygens (including phenoxy) is 1. The van der Waals surface area contributed by atoms with E-state index >= 15 is 0 Å². The molecule has 7 heteroatoms. The molecule has 0 unspecified atom stereocenters. The molecular weight excluding hydrogens is 350 g/mol. The van der Waals surface area contributed by atoms with Crippen molar-refractivity contribution in [2.45, 2.75) is 13.3 Å². The first kappa shape index (κ1) is 18.2. The molecule has 0 atom stereocenters. The van der Waals surface area contributed by atoms with E-state index in [4.69, 9.17) is 9.15 Å². The number of carbonyl (C=O) groups is 1. The van der Waals surface area contributed by atoms with Gasteiger partial charge in [-0.3, -0.25) is 14.9 Å². The molecule has 1 N–H and O–H groups in total. The minimum Gasteiger partial charge on any atom is -0.500 e. The van der Waals surface area contributed by atoms with Crippen LogP contribution in [-0.2, 0) is 6.42 Å². The smallest absolute Gasteiger partial charge is 0.315 e. The summed E-state index contributed by atoms with van der Waals surface area (Å²) in [5, 5.41) is 21.8. The summed E-state index contributed by atoms with van der Waals surface area (Å²) in [5.74, 6) is -0.709. The Balaban J connectivity index is 1.98.